The Bertz CT molecular complexity index is 416. The molecule has 1 atom stereocenters. The van der Waals surface area contributed by atoms with E-state index in [2.05, 4.69) is 47.8 Å². The minimum Gasteiger partial charge on any atom is -0.338 e. The molecule has 21 heavy (non-hydrogen) atoms. The predicted molar refractivity (Wildman–Crippen MR) is 88.5 cm³/mol. The quantitative estimate of drug-likeness (QED) is 0.818. The van der Waals surface area contributed by atoms with E-state index in [1.165, 1.54) is 44.3 Å². The molecule has 0 radical (unpaired) electrons. The van der Waals surface area contributed by atoms with Crippen molar-refractivity contribution in [1.82, 2.24) is 19.8 Å². The minimum atomic E-state index is 0.262. The Kier molecular flexibility index (Phi) is 5.82. The van der Waals surface area contributed by atoms with Crippen LogP contribution in [0.3, 0.4) is 0 Å². The van der Waals surface area contributed by atoms with Gasteiger partial charge in [-0.3, -0.25) is 0 Å². The van der Waals surface area contributed by atoms with Crippen molar-refractivity contribution < 1.29 is 0 Å². The van der Waals surface area contributed by atoms with E-state index in [1.54, 1.807) is 0 Å². The third-order valence-corrected chi connectivity index (χ3v) is 5.27. The first kappa shape index (κ1) is 16.5. The fourth-order valence-electron chi connectivity index (χ4n) is 3.92. The van der Waals surface area contributed by atoms with Crippen LogP contribution in [0.5, 0.6) is 0 Å². The number of likely N-dealkylation sites (N-methyl/N-ethyl adjacent to an activating group) is 2. The molecule has 1 aromatic heterocycles. The van der Waals surface area contributed by atoms with Crippen molar-refractivity contribution in [2.75, 3.05) is 20.6 Å². The molecule has 0 saturated heterocycles. The number of imidazole rings is 1. The van der Waals surface area contributed by atoms with E-state index in [9.17, 15) is 0 Å². The molecule has 120 valence electrons. The monoisotopic (exact) mass is 292 g/mol. The second kappa shape index (κ2) is 7.41. The summed E-state index contributed by atoms with van der Waals surface area (Å²) in [5, 5.41) is 3.77. The molecule has 4 heteroatoms. The lowest BCUT2D eigenvalue weighted by Crippen LogP contribution is -2.60. The van der Waals surface area contributed by atoms with Crippen LogP contribution >= 0.6 is 0 Å². The highest BCUT2D eigenvalue weighted by Crippen LogP contribution is 2.35. The van der Waals surface area contributed by atoms with Crippen LogP contribution in [0.25, 0.3) is 0 Å². The second-order valence-corrected chi connectivity index (χ2v) is 6.68. The highest BCUT2D eigenvalue weighted by Gasteiger charge is 2.40. The van der Waals surface area contributed by atoms with Crippen molar-refractivity contribution in [3.8, 4) is 0 Å². The summed E-state index contributed by atoms with van der Waals surface area (Å²) in [7, 11) is 6.61. The Hall–Kier alpha value is -0.870. The summed E-state index contributed by atoms with van der Waals surface area (Å²) in [5.41, 5.74) is 0.262. The topological polar surface area (TPSA) is 33.1 Å². The third kappa shape index (κ3) is 3.67. The molecule has 4 nitrogen and oxygen atoms in total. The molecule has 0 amide bonds. The van der Waals surface area contributed by atoms with Gasteiger partial charge in [-0.05, 0) is 33.5 Å². The molecule has 0 aliphatic heterocycles. The largest absolute Gasteiger partial charge is 0.338 e. The molecule has 0 spiro atoms. The van der Waals surface area contributed by atoms with Crippen LogP contribution in [0.4, 0.5) is 0 Å². The zero-order valence-electron chi connectivity index (χ0n) is 14.2. The molecule has 1 aliphatic carbocycles. The molecule has 1 aliphatic rings. The van der Waals surface area contributed by atoms with Gasteiger partial charge in [0.25, 0.3) is 0 Å². The smallest absolute Gasteiger partial charge is 0.109 e. The summed E-state index contributed by atoms with van der Waals surface area (Å²) in [6, 6.07) is 0.469. The SMILES string of the molecule is CCNC(Cc1nccn1C)C1(N(C)C)CCCCCC1. The molecule has 0 aromatic carbocycles. The highest BCUT2D eigenvalue weighted by atomic mass is 15.2. The molecule has 1 saturated carbocycles. The Morgan fingerprint density at radius 1 is 1.29 bits per heavy atom. The van der Waals surface area contributed by atoms with Crippen molar-refractivity contribution in [2.45, 2.75) is 63.5 Å². The zero-order chi connectivity index (χ0) is 15.3. The predicted octanol–water partition coefficient (Wildman–Crippen LogP) is 2.60. The average Bonchev–Trinajstić information content (AvgIpc) is 2.72. The molecule has 1 heterocycles. The van der Waals surface area contributed by atoms with Crippen molar-refractivity contribution in [3.05, 3.63) is 18.2 Å². The van der Waals surface area contributed by atoms with Crippen LogP contribution in [-0.2, 0) is 13.5 Å². The summed E-state index contributed by atoms with van der Waals surface area (Å²) in [4.78, 5) is 7.03. The number of nitrogens with zero attached hydrogens (tertiary/aromatic N) is 3. The zero-order valence-corrected chi connectivity index (χ0v) is 14.2. The number of rotatable bonds is 6. The van der Waals surface area contributed by atoms with Gasteiger partial charge in [0.2, 0.25) is 0 Å². The Morgan fingerprint density at radius 2 is 1.95 bits per heavy atom. The van der Waals surface area contributed by atoms with E-state index >= 15 is 0 Å². The Labute approximate surface area is 129 Å². The Balaban J connectivity index is 2.25. The summed E-state index contributed by atoms with van der Waals surface area (Å²) in [6.07, 6.45) is 13.0. The maximum absolute atomic E-state index is 4.55. The maximum Gasteiger partial charge on any atom is 0.109 e. The van der Waals surface area contributed by atoms with Crippen molar-refractivity contribution in [3.63, 3.8) is 0 Å². The molecule has 1 N–H and O–H groups in total. The highest BCUT2D eigenvalue weighted by molar-refractivity contribution is 5.05. The van der Waals surface area contributed by atoms with Gasteiger partial charge in [0.05, 0.1) is 0 Å². The summed E-state index contributed by atoms with van der Waals surface area (Å²) >= 11 is 0. The lowest BCUT2D eigenvalue weighted by atomic mass is 9.79. The molecule has 1 aromatic rings. The summed E-state index contributed by atoms with van der Waals surface area (Å²) < 4.78 is 2.16. The number of nitrogens with one attached hydrogen (secondary N) is 1. The van der Waals surface area contributed by atoms with Crippen LogP contribution < -0.4 is 5.32 Å². The minimum absolute atomic E-state index is 0.262. The van der Waals surface area contributed by atoms with Crippen LogP contribution in [0, 0.1) is 0 Å². The van der Waals surface area contributed by atoms with E-state index in [4.69, 9.17) is 0 Å². The molecular formula is C17H32N4. The van der Waals surface area contributed by atoms with Crippen molar-refractivity contribution >= 4 is 0 Å². The molecule has 0 bridgehead atoms. The third-order valence-electron chi connectivity index (χ3n) is 5.27. The first-order valence-corrected chi connectivity index (χ1v) is 8.47. The van der Waals surface area contributed by atoms with Gasteiger partial charge >= 0.3 is 0 Å². The van der Waals surface area contributed by atoms with Crippen molar-refractivity contribution in [2.24, 2.45) is 7.05 Å². The van der Waals surface area contributed by atoms with Gasteiger partial charge in [-0.15, -0.1) is 0 Å². The number of hydrogen-bond acceptors (Lipinski definition) is 3. The number of aryl methyl sites for hydroxylation is 1. The fraction of sp³-hybridized carbons (Fsp3) is 0.824. The normalized spacial score (nSPS) is 20.4. The lowest BCUT2D eigenvalue weighted by molar-refractivity contribution is 0.0797. The van der Waals surface area contributed by atoms with Crippen molar-refractivity contribution in [1.29, 1.82) is 0 Å². The van der Waals surface area contributed by atoms with Gasteiger partial charge in [0.15, 0.2) is 0 Å². The molecule has 2 rings (SSSR count). The van der Waals surface area contributed by atoms with E-state index in [-0.39, 0.29) is 5.54 Å². The van der Waals surface area contributed by atoms with Gasteiger partial charge < -0.3 is 14.8 Å². The standard InChI is InChI=1S/C17H32N4/c1-5-18-15(14-16-19-12-13-21(16)4)17(20(2)3)10-8-6-7-9-11-17/h12-13,15,18H,5-11,14H2,1-4H3. The number of aromatic nitrogens is 2. The lowest BCUT2D eigenvalue weighted by Gasteiger charge is -2.46. The Morgan fingerprint density at radius 3 is 2.43 bits per heavy atom. The second-order valence-electron chi connectivity index (χ2n) is 6.68. The molecular weight excluding hydrogens is 260 g/mol. The average molecular weight is 292 g/mol. The summed E-state index contributed by atoms with van der Waals surface area (Å²) in [5.74, 6) is 1.19. The van der Waals surface area contributed by atoms with Gasteiger partial charge in [0.1, 0.15) is 5.82 Å². The van der Waals surface area contributed by atoms with E-state index in [0.717, 1.165) is 13.0 Å². The first-order valence-electron chi connectivity index (χ1n) is 8.47. The van der Waals surface area contributed by atoms with E-state index in [1.807, 2.05) is 12.4 Å². The van der Waals surface area contributed by atoms with E-state index in [0.29, 0.717) is 6.04 Å². The van der Waals surface area contributed by atoms with Gasteiger partial charge in [-0.1, -0.05) is 32.6 Å². The number of hydrogen-bond donors (Lipinski definition) is 1. The first-order chi connectivity index (χ1) is 10.1. The van der Waals surface area contributed by atoms with Crippen LogP contribution in [0.2, 0.25) is 0 Å². The van der Waals surface area contributed by atoms with Gasteiger partial charge in [-0.2, -0.15) is 0 Å². The van der Waals surface area contributed by atoms with Crippen LogP contribution in [0.1, 0.15) is 51.3 Å². The molecule has 1 unspecified atom stereocenters. The van der Waals surface area contributed by atoms with Crippen LogP contribution in [-0.4, -0.2) is 46.7 Å². The fourth-order valence-corrected chi connectivity index (χ4v) is 3.92. The summed E-state index contributed by atoms with van der Waals surface area (Å²) in [6.45, 7) is 3.23. The van der Waals surface area contributed by atoms with E-state index < -0.39 is 0 Å². The van der Waals surface area contributed by atoms with Gasteiger partial charge in [0, 0.05) is 37.4 Å². The molecule has 1 fully saturated rings. The van der Waals surface area contributed by atoms with Gasteiger partial charge in [-0.25, -0.2) is 4.98 Å². The van der Waals surface area contributed by atoms with Crippen LogP contribution in [0.15, 0.2) is 12.4 Å². The maximum atomic E-state index is 4.55.